The number of nitrogens with zero attached hydrogens (tertiary/aromatic N) is 1. The number of aromatic nitrogens is 1. The van der Waals surface area contributed by atoms with Crippen molar-refractivity contribution in [3.8, 4) is 0 Å². The smallest absolute Gasteiger partial charge is 0.264 e. The second-order valence-corrected chi connectivity index (χ2v) is 4.21. The average Bonchev–Trinajstić information content (AvgIpc) is 2.05. The lowest BCUT2D eigenvalue weighted by Gasteiger charge is -2.01. The third-order valence-electron chi connectivity index (χ3n) is 1.31. The highest BCUT2D eigenvalue weighted by atomic mass is 32.2. The van der Waals surface area contributed by atoms with Crippen molar-refractivity contribution >= 4 is 10.1 Å². The summed E-state index contributed by atoms with van der Waals surface area (Å²) in [5, 5.41) is 0. The molecule has 0 N–H and O–H groups in total. The van der Waals surface area contributed by atoms with Crippen LogP contribution in [0.1, 0.15) is 5.56 Å². The van der Waals surface area contributed by atoms with E-state index in [2.05, 4.69) is 9.17 Å². The van der Waals surface area contributed by atoms with Gasteiger partial charge in [-0.15, -0.1) is 0 Å². The molecule has 0 spiro atoms. The summed E-state index contributed by atoms with van der Waals surface area (Å²) in [5.41, 5.74) is -0.240. The van der Waals surface area contributed by atoms with Crippen LogP contribution in [0.4, 0.5) is 8.78 Å². The van der Waals surface area contributed by atoms with Crippen molar-refractivity contribution in [3.05, 3.63) is 29.6 Å². The summed E-state index contributed by atoms with van der Waals surface area (Å²) in [5.74, 6) is -1.70. The van der Waals surface area contributed by atoms with Crippen molar-refractivity contribution in [1.82, 2.24) is 4.98 Å². The van der Waals surface area contributed by atoms with Crippen LogP contribution in [0.2, 0.25) is 0 Å². The van der Waals surface area contributed by atoms with E-state index in [1.165, 1.54) is 0 Å². The van der Waals surface area contributed by atoms with E-state index in [9.17, 15) is 17.2 Å². The first-order chi connectivity index (χ1) is 6.38. The largest absolute Gasteiger partial charge is 0.265 e. The van der Waals surface area contributed by atoms with E-state index in [1.54, 1.807) is 0 Å². The second kappa shape index (κ2) is 3.97. The van der Waals surface area contributed by atoms with Gasteiger partial charge in [0.2, 0.25) is 5.95 Å². The summed E-state index contributed by atoms with van der Waals surface area (Å²) in [6.45, 7) is -0.560. The predicted octanol–water partition coefficient (Wildman–Crippen LogP) is 0.836. The lowest BCUT2D eigenvalue weighted by molar-refractivity contribution is 0.303. The summed E-state index contributed by atoms with van der Waals surface area (Å²) in [4.78, 5) is 3.06. The summed E-state index contributed by atoms with van der Waals surface area (Å²) >= 11 is 0. The lowest BCUT2D eigenvalue weighted by atomic mass is 10.3. The number of hydrogen-bond donors (Lipinski definition) is 0. The van der Waals surface area contributed by atoms with Crippen LogP contribution < -0.4 is 0 Å². The van der Waals surface area contributed by atoms with Crippen molar-refractivity contribution < 1.29 is 21.4 Å². The van der Waals surface area contributed by atoms with Crippen molar-refractivity contribution in [1.29, 1.82) is 0 Å². The monoisotopic (exact) mass is 223 g/mol. The molecule has 1 aromatic rings. The number of halogens is 2. The molecule has 0 aliphatic rings. The molecule has 0 atom stereocenters. The Kier molecular flexibility index (Phi) is 3.12. The molecule has 1 aromatic heterocycles. The highest BCUT2D eigenvalue weighted by molar-refractivity contribution is 7.85. The van der Waals surface area contributed by atoms with E-state index in [0.717, 1.165) is 12.3 Å². The first kappa shape index (κ1) is 11.0. The van der Waals surface area contributed by atoms with E-state index >= 15 is 0 Å². The zero-order chi connectivity index (χ0) is 10.8. The number of rotatable bonds is 3. The molecule has 0 saturated carbocycles. The molecule has 0 unspecified atom stereocenters. The molecule has 0 aliphatic carbocycles. The molecule has 1 rings (SSSR count). The van der Waals surface area contributed by atoms with Crippen LogP contribution in [0.5, 0.6) is 0 Å². The second-order valence-electron chi connectivity index (χ2n) is 2.57. The van der Waals surface area contributed by atoms with E-state index in [-0.39, 0.29) is 5.56 Å². The molecule has 0 aliphatic heterocycles. The Balaban J connectivity index is 2.81. The fourth-order valence-corrected chi connectivity index (χ4v) is 1.08. The highest BCUT2D eigenvalue weighted by Crippen LogP contribution is 2.08. The molecular formula is C7H7F2NO3S. The zero-order valence-electron chi connectivity index (χ0n) is 7.20. The fourth-order valence-electron chi connectivity index (χ4n) is 0.736. The fraction of sp³-hybridized carbons (Fsp3) is 0.286. The normalized spacial score (nSPS) is 11.6. The highest BCUT2D eigenvalue weighted by Gasteiger charge is 2.09. The van der Waals surface area contributed by atoms with Gasteiger partial charge in [0.05, 0.1) is 19.1 Å². The quantitative estimate of drug-likeness (QED) is 0.562. The third kappa shape index (κ3) is 3.35. The lowest BCUT2D eigenvalue weighted by Crippen LogP contribution is -2.05. The number of pyridine rings is 1. The minimum Gasteiger partial charge on any atom is -0.265 e. The van der Waals surface area contributed by atoms with Crippen LogP contribution >= 0.6 is 0 Å². The van der Waals surface area contributed by atoms with Crippen LogP contribution in [0, 0.1) is 11.8 Å². The van der Waals surface area contributed by atoms with Gasteiger partial charge in [-0.05, 0) is 6.07 Å². The van der Waals surface area contributed by atoms with Crippen LogP contribution in [0.3, 0.4) is 0 Å². The molecule has 78 valence electrons. The van der Waals surface area contributed by atoms with E-state index in [1.807, 2.05) is 0 Å². The third-order valence-corrected chi connectivity index (χ3v) is 1.85. The van der Waals surface area contributed by atoms with Crippen molar-refractivity contribution in [3.63, 3.8) is 0 Å². The van der Waals surface area contributed by atoms with Gasteiger partial charge in [0.1, 0.15) is 5.82 Å². The Morgan fingerprint density at radius 3 is 2.71 bits per heavy atom. The predicted molar refractivity (Wildman–Crippen MR) is 43.8 cm³/mol. The van der Waals surface area contributed by atoms with Crippen LogP contribution in [0.15, 0.2) is 12.3 Å². The van der Waals surface area contributed by atoms with Crippen molar-refractivity contribution in [2.24, 2.45) is 0 Å². The van der Waals surface area contributed by atoms with Gasteiger partial charge in [0.15, 0.2) is 0 Å². The van der Waals surface area contributed by atoms with Gasteiger partial charge in [0, 0.05) is 5.56 Å². The topological polar surface area (TPSA) is 56.3 Å². The van der Waals surface area contributed by atoms with Gasteiger partial charge < -0.3 is 0 Å². The Bertz CT molecular complexity index is 433. The summed E-state index contributed by atoms with van der Waals surface area (Å²) < 4.78 is 50.7. The summed E-state index contributed by atoms with van der Waals surface area (Å²) in [6, 6.07) is 0.827. The molecule has 0 fully saturated rings. The summed E-state index contributed by atoms with van der Waals surface area (Å²) in [7, 11) is -3.67. The van der Waals surface area contributed by atoms with Gasteiger partial charge in [-0.2, -0.15) is 12.8 Å². The van der Waals surface area contributed by atoms with Gasteiger partial charge in [-0.3, -0.25) is 4.18 Å². The SMILES string of the molecule is CS(=O)(=O)OCc1cc(F)cnc1F. The maximum absolute atomic E-state index is 12.8. The van der Waals surface area contributed by atoms with Crippen molar-refractivity contribution in [2.45, 2.75) is 6.61 Å². The molecule has 0 aromatic carbocycles. The molecular weight excluding hydrogens is 216 g/mol. The molecule has 0 amide bonds. The average molecular weight is 223 g/mol. The Morgan fingerprint density at radius 1 is 1.50 bits per heavy atom. The van der Waals surface area contributed by atoms with Gasteiger partial charge in [0.25, 0.3) is 10.1 Å². The first-order valence-corrected chi connectivity index (χ1v) is 5.34. The standard InChI is InChI=1S/C7H7F2NO3S/c1-14(11,12)13-4-5-2-6(8)3-10-7(5)9/h2-3H,4H2,1H3. The maximum Gasteiger partial charge on any atom is 0.264 e. The van der Waals surface area contributed by atoms with Crippen LogP contribution in [-0.4, -0.2) is 19.7 Å². The van der Waals surface area contributed by atoms with Crippen LogP contribution in [-0.2, 0) is 20.9 Å². The Labute approximate surface area is 79.7 Å². The van der Waals surface area contributed by atoms with Gasteiger partial charge in [-0.25, -0.2) is 9.37 Å². The molecule has 4 nitrogen and oxygen atoms in total. The van der Waals surface area contributed by atoms with Crippen LogP contribution in [0.25, 0.3) is 0 Å². The minimum absolute atomic E-state index is 0.240. The Morgan fingerprint density at radius 2 is 2.14 bits per heavy atom. The zero-order valence-corrected chi connectivity index (χ0v) is 8.01. The Hall–Kier alpha value is -1.08. The van der Waals surface area contributed by atoms with E-state index in [0.29, 0.717) is 6.20 Å². The van der Waals surface area contributed by atoms with Gasteiger partial charge in [-0.1, -0.05) is 0 Å². The number of hydrogen-bond acceptors (Lipinski definition) is 4. The molecule has 0 radical (unpaired) electrons. The summed E-state index contributed by atoms with van der Waals surface area (Å²) in [6.07, 6.45) is 1.51. The molecule has 1 heterocycles. The molecule has 14 heavy (non-hydrogen) atoms. The molecule has 7 heteroatoms. The minimum atomic E-state index is -3.67. The molecule has 0 bridgehead atoms. The van der Waals surface area contributed by atoms with Crippen molar-refractivity contribution in [2.75, 3.05) is 6.26 Å². The maximum atomic E-state index is 12.8. The first-order valence-electron chi connectivity index (χ1n) is 3.53. The van der Waals surface area contributed by atoms with E-state index < -0.39 is 28.5 Å². The van der Waals surface area contributed by atoms with E-state index in [4.69, 9.17) is 0 Å². The molecule has 0 saturated heterocycles. The van der Waals surface area contributed by atoms with Gasteiger partial charge >= 0.3 is 0 Å².